The lowest BCUT2D eigenvalue weighted by Gasteiger charge is -2.19. The van der Waals surface area contributed by atoms with E-state index in [9.17, 15) is 8.78 Å². The maximum Gasteiger partial charge on any atom is 0.182 e. The minimum absolute atomic E-state index is 0.393. The van der Waals surface area contributed by atoms with Crippen LogP contribution in [0.2, 0.25) is 0 Å². The molecule has 0 amide bonds. The summed E-state index contributed by atoms with van der Waals surface area (Å²) in [7, 11) is 0. The molecule has 17 heavy (non-hydrogen) atoms. The van der Waals surface area contributed by atoms with Crippen molar-refractivity contribution in [2.75, 3.05) is 31.1 Å². The number of nitrogens with one attached hydrogen (secondary N) is 1. The SMILES string of the molecule is CCNCC1CCN(c2cccc(F)c2F)C1. The average molecular weight is 240 g/mol. The lowest BCUT2D eigenvalue weighted by molar-refractivity contribution is 0.505. The Morgan fingerprint density at radius 2 is 2.24 bits per heavy atom. The Labute approximate surface area is 101 Å². The van der Waals surface area contributed by atoms with E-state index < -0.39 is 11.6 Å². The van der Waals surface area contributed by atoms with Gasteiger partial charge in [-0.15, -0.1) is 0 Å². The van der Waals surface area contributed by atoms with Gasteiger partial charge in [0.2, 0.25) is 0 Å². The summed E-state index contributed by atoms with van der Waals surface area (Å²) >= 11 is 0. The first-order chi connectivity index (χ1) is 8.22. The molecule has 2 nitrogen and oxygen atoms in total. The summed E-state index contributed by atoms with van der Waals surface area (Å²) in [6, 6.07) is 4.37. The molecule has 0 bridgehead atoms. The zero-order valence-corrected chi connectivity index (χ0v) is 10.0. The minimum atomic E-state index is -0.766. The summed E-state index contributed by atoms with van der Waals surface area (Å²) in [5.74, 6) is -0.966. The lowest BCUT2D eigenvalue weighted by atomic mass is 10.1. The van der Waals surface area contributed by atoms with Gasteiger partial charge < -0.3 is 10.2 Å². The molecular formula is C13H18F2N2. The van der Waals surface area contributed by atoms with Gasteiger partial charge in [-0.25, -0.2) is 8.78 Å². The maximum absolute atomic E-state index is 13.6. The van der Waals surface area contributed by atoms with E-state index >= 15 is 0 Å². The highest BCUT2D eigenvalue weighted by Crippen LogP contribution is 2.27. The third-order valence-electron chi connectivity index (χ3n) is 3.24. The third-order valence-corrected chi connectivity index (χ3v) is 3.24. The van der Waals surface area contributed by atoms with Gasteiger partial charge in [0, 0.05) is 13.1 Å². The molecule has 1 N–H and O–H groups in total. The fourth-order valence-electron chi connectivity index (χ4n) is 2.30. The molecule has 1 aliphatic rings. The molecule has 1 aromatic carbocycles. The molecule has 1 aromatic rings. The Bertz CT molecular complexity index is 382. The zero-order chi connectivity index (χ0) is 12.3. The van der Waals surface area contributed by atoms with Crippen molar-refractivity contribution in [2.24, 2.45) is 5.92 Å². The van der Waals surface area contributed by atoms with Gasteiger partial charge in [-0.1, -0.05) is 13.0 Å². The fraction of sp³-hybridized carbons (Fsp3) is 0.538. The van der Waals surface area contributed by atoms with Crippen LogP contribution in [0.5, 0.6) is 0 Å². The summed E-state index contributed by atoms with van der Waals surface area (Å²) in [4.78, 5) is 1.93. The second-order valence-corrected chi connectivity index (χ2v) is 4.48. The third kappa shape index (κ3) is 2.75. The fourth-order valence-corrected chi connectivity index (χ4v) is 2.30. The standard InChI is InChI=1S/C13H18F2N2/c1-2-16-8-10-6-7-17(9-10)12-5-3-4-11(14)13(12)15/h3-5,10,16H,2,6-9H2,1H3. The Kier molecular flexibility index (Phi) is 3.94. The normalized spacial score (nSPS) is 19.9. The number of rotatable bonds is 4. The highest BCUT2D eigenvalue weighted by atomic mass is 19.2. The van der Waals surface area contributed by atoms with Crippen LogP contribution in [0.4, 0.5) is 14.5 Å². The Morgan fingerprint density at radius 1 is 1.41 bits per heavy atom. The van der Waals surface area contributed by atoms with Gasteiger partial charge in [-0.3, -0.25) is 0 Å². The number of hydrogen-bond donors (Lipinski definition) is 1. The average Bonchev–Trinajstić information content (AvgIpc) is 2.78. The van der Waals surface area contributed by atoms with Crippen molar-refractivity contribution in [3.8, 4) is 0 Å². The highest BCUT2D eigenvalue weighted by molar-refractivity contribution is 5.49. The summed E-state index contributed by atoms with van der Waals surface area (Å²) in [6.07, 6.45) is 1.03. The van der Waals surface area contributed by atoms with Crippen LogP contribution in [-0.2, 0) is 0 Å². The van der Waals surface area contributed by atoms with E-state index in [1.54, 1.807) is 12.1 Å². The summed E-state index contributed by atoms with van der Waals surface area (Å²) < 4.78 is 26.7. The predicted molar refractivity (Wildman–Crippen MR) is 65.2 cm³/mol. The molecule has 1 fully saturated rings. The van der Waals surface area contributed by atoms with E-state index in [2.05, 4.69) is 12.2 Å². The largest absolute Gasteiger partial charge is 0.369 e. The zero-order valence-electron chi connectivity index (χ0n) is 10.0. The van der Waals surface area contributed by atoms with Crippen molar-refractivity contribution in [1.82, 2.24) is 5.32 Å². The van der Waals surface area contributed by atoms with E-state index in [0.717, 1.165) is 38.7 Å². The minimum Gasteiger partial charge on any atom is -0.369 e. The Balaban J connectivity index is 2.02. The van der Waals surface area contributed by atoms with E-state index in [1.165, 1.54) is 0 Å². The number of hydrogen-bond acceptors (Lipinski definition) is 2. The Morgan fingerprint density at radius 3 is 3.00 bits per heavy atom. The van der Waals surface area contributed by atoms with Crippen LogP contribution in [0, 0.1) is 17.6 Å². The summed E-state index contributed by atoms with van der Waals surface area (Å²) in [5.41, 5.74) is 0.393. The summed E-state index contributed by atoms with van der Waals surface area (Å²) in [6.45, 7) is 5.57. The van der Waals surface area contributed by atoms with Crippen LogP contribution >= 0.6 is 0 Å². The molecule has 1 aliphatic heterocycles. The monoisotopic (exact) mass is 240 g/mol. The van der Waals surface area contributed by atoms with E-state index in [0.29, 0.717) is 11.6 Å². The van der Waals surface area contributed by atoms with E-state index in [4.69, 9.17) is 0 Å². The highest BCUT2D eigenvalue weighted by Gasteiger charge is 2.24. The first-order valence-corrected chi connectivity index (χ1v) is 6.12. The van der Waals surface area contributed by atoms with Crippen LogP contribution in [0.25, 0.3) is 0 Å². The maximum atomic E-state index is 13.6. The molecule has 0 saturated carbocycles. The Hall–Kier alpha value is -1.16. The van der Waals surface area contributed by atoms with Crippen LogP contribution in [-0.4, -0.2) is 26.2 Å². The van der Waals surface area contributed by atoms with Crippen LogP contribution in [0.15, 0.2) is 18.2 Å². The molecule has 1 atom stereocenters. The van der Waals surface area contributed by atoms with Gasteiger partial charge in [0.05, 0.1) is 5.69 Å². The van der Waals surface area contributed by atoms with Crippen LogP contribution in [0.3, 0.4) is 0 Å². The molecule has 0 radical (unpaired) electrons. The van der Waals surface area contributed by atoms with Gasteiger partial charge >= 0.3 is 0 Å². The van der Waals surface area contributed by atoms with Crippen molar-refractivity contribution in [3.05, 3.63) is 29.8 Å². The van der Waals surface area contributed by atoms with Crippen molar-refractivity contribution in [1.29, 1.82) is 0 Å². The van der Waals surface area contributed by atoms with Gasteiger partial charge in [-0.05, 0) is 37.6 Å². The van der Waals surface area contributed by atoms with Crippen LogP contribution < -0.4 is 10.2 Å². The molecule has 2 rings (SSSR count). The van der Waals surface area contributed by atoms with Crippen molar-refractivity contribution < 1.29 is 8.78 Å². The van der Waals surface area contributed by atoms with Gasteiger partial charge in [0.1, 0.15) is 0 Å². The smallest absolute Gasteiger partial charge is 0.182 e. The topological polar surface area (TPSA) is 15.3 Å². The molecule has 94 valence electrons. The molecule has 1 heterocycles. The number of halogens is 2. The molecule has 1 saturated heterocycles. The molecule has 0 spiro atoms. The lowest BCUT2D eigenvalue weighted by Crippen LogP contribution is -2.26. The number of benzene rings is 1. The second kappa shape index (κ2) is 5.45. The molecule has 0 aliphatic carbocycles. The first-order valence-electron chi connectivity index (χ1n) is 6.12. The molecular weight excluding hydrogens is 222 g/mol. The number of anilines is 1. The van der Waals surface area contributed by atoms with Crippen molar-refractivity contribution in [2.45, 2.75) is 13.3 Å². The van der Waals surface area contributed by atoms with Gasteiger partial charge in [0.25, 0.3) is 0 Å². The quantitative estimate of drug-likeness (QED) is 0.869. The van der Waals surface area contributed by atoms with Gasteiger partial charge in [-0.2, -0.15) is 0 Å². The van der Waals surface area contributed by atoms with Crippen molar-refractivity contribution in [3.63, 3.8) is 0 Å². The number of nitrogens with zero attached hydrogens (tertiary/aromatic N) is 1. The van der Waals surface area contributed by atoms with E-state index in [1.807, 2.05) is 4.90 Å². The molecule has 1 unspecified atom stereocenters. The first kappa shape index (κ1) is 12.3. The predicted octanol–water partition coefficient (Wildman–Crippen LogP) is 2.40. The molecule has 4 heteroatoms. The van der Waals surface area contributed by atoms with Crippen molar-refractivity contribution >= 4 is 5.69 Å². The second-order valence-electron chi connectivity index (χ2n) is 4.48. The van der Waals surface area contributed by atoms with Gasteiger partial charge in [0.15, 0.2) is 11.6 Å². The molecule has 0 aromatic heterocycles. The van der Waals surface area contributed by atoms with Crippen LogP contribution in [0.1, 0.15) is 13.3 Å². The summed E-state index contributed by atoms with van der Waals surface area (Å²) in [5, 5.41) is 3.29. The van der Waals surface area contributed by atoms with E-state index in [-0.39, 0.29) is 0 Å².